The van der Waals surface area contributed by atoms with Crippen molar-refractivity contribution in [1.82, 2.24) is 20.1 Å². The normalized spacial score (nSPS) is 12.0. The van der Waals surface area contributed by atoms with Gasteiger partial charge in [-0.15, -0.1) is 0 Å². The van der Waals surface area contributed by atoms with Crippen LogP contribution in [0.4, 0.5) is 0 Å². The Hall–Kier alpha value is -2.08. The number of aryl methyl sites for hydroxylation is 1. The van der Waals surface area contributed by atoms with E-state index in [1.807, 2.05) is 13.0 Å². The molecule has 21 heavy (non-hydrogen) atoms. The first kappa shape index (κ1) is 15.3. The largest absolute Gasteiger partial charge is 0.487 e. The van der Waals surface area contributed by atoms with Crippen LogP contribution in [0.25, 0.3) is 0 Å². The quantitative estimate of drug-likeness (QED) is 0.917. The molecule has 1 atom stereocenters. The minimum Gasteiger partial charge on any atom is -0.487 e. The molecule has 0 bridgehead atoms. The Morgan fingerprint density at radius 1 is 1.57 bits per heavy atom. The van der Waals surface area contributed by atoms with Gasteiger partial charge in [-0.05, 0) is 26.0 Å². The smallest absolute Gasteiger partial charge is 0.273 e. The Morgan fingerprint density at radius 3 is 2.90 bits per heavy atom. The van der Waals surface area contributed by atoms with Gasteiger partial charge in [0.1, 0.15) is 11.9 Å². The molecule has 0 saturated carbocycles. The number of halogens is 1. The number of nitrogens with zero attached hydrogens (tertiary/aromatic N) is 3. The van der Waals surface area contributed by atoms with E-state index in [1.165, 1.54) is 0 Å². The number of nitrogens with one attached hydrogen (secondary N) is 1. The predicted molar refractivity (Wildman–Crippen MR) is 79.6 cm³/mol. The molecular formula is C14H17ClN4O2. The fourth-order valence-electron chi connectivity index (χ4n) is 1.74. The molecular weight excluding hydrogens is 292 g/mol. The highest BCUT2D eigenvalue weighted by Gasteiger charge is 2.18. The fraction of sp³-hybridized carbons (Fsp3) is 0.357. The number of hydrogen-bond acceptors (Lipinski definition) is 4. The molecule has 2 heterocycles. The summed E-state index contributed by atoms with van der Waals surface area (Å²) in [6.45, 7) is 4.01. The molecule has 0 fully saturated rings. The van der Waals surface area contributed by atoms with Gasteiger partial charge in [-0.1, -0.05) is 11.6 Å². The van der Waals surface area contributed by atoms with Gasteiger partial charge >= 0.3 is 0 Å². The van der Waals surface area contributed by atoms with Gasteiger partial charge < -0.3 is 10.1 Å². The third-order valence-corrected chi connectivity index (χ3v) is 3.45. The summed E-state index contributed by atoms with van der Waals surface area (Å²) in [5.74, 6) is 0.344. The summed E-state index contributed by atoms with van der Waals surface area (Å²) < 4.78 is 7.20. The van der Waals surface area contributed by atoms with Crippen LogP contribution in [0.3, 0.4) is 0 Å². The highest BCUT2D eigenvalue weighted by atomic mass is 35.5. The molecule has 0 aromatic carbocycles. The maximum atomic E-state index is 12.0. The van der Waals surface area contributed by atoms with E-state index in [9.17, 15) is 4.79 Å². The third-order valence-electron chi connectivity index (χ3n) is 3.00. The zero-order valence-electron chi connectivity index (χ0n) is 12.1. The van der Waals surface area contributed by atoms with Crippen molar-refractivity contribution in [2.75, 3.05) is 6.54 Å². The zero-order valence-corrected chi connectivity index (χ0v) is 12.9. The lowest BCUT2D eigenvalue weighted by molar-refractivity contribution is 0.0926. The summed E-state index contributed by atoms with van der Waals surface area (Å²) in [5.41, 5.74) is 0.978. The minimum absolute atomic E-state index is 0.193. The molecule has 7 heteroatoms. The van der Waals surface area contributed by atoms with Crippen molar-refractivity contribution in [3.63, 3.8) is 0 Å². The minimum atomic E-state index is -0.315. The highest BCUT2D eigenvalue weighted by molar-refractivity contribution is 6.34. The molecule has 2 aromatic heterocycles. The second-order valence-corrected chi connectivity index (χ2v) is 5.08. The number of hydrogen-bond donors (Lipinski definition) is 1. The molecule has 0 spiro atoms. The van der Waals surface area contributed by atoms with E-state index in [2.05, 4.69) is 15.4 Å². The highest BCUT2D eigenvalue weighted by Crippen LogP contribution is 2.18. The summed E-state index contributed by atoms with van der Waals surface area (Å²) in [6.07, 6.45) is 3.10. The first-order valence-electron chi connectivity index (χ1n) is 6.53. The Labute approximate surface area is 128 Å². The van der Waals surface area contributed by atoms with Crippen molar-refractivity contribution < 1.29 is 9.53 Å². The van der Waals surface area contributed by atoms with Gasteiger partial charge in [0, 0.05) is 13.2 Å². The molecule has 0 aliphatic heterocycles. The molecule has 0 aliphatic carbocycles. The van der Waals surface area contributed by atoms with Crippen LogP contribution >= 0.6 is 11.6 Å². The van der Waals surface area contributed by atoms with Crippen LogP contribution in [-0.4, -0.2) is 33.3 Å². The molecule has 2 aromatic rings. The van der Waals surface area contributed by atoms with Gasteiger partial charge in [-0.25, -0.2) is 0 Å². The van der Waals surface area contributed by atoms with Crippen LogP contribution in [0.15, 0.2) is 24.5 Å². The lowest BCUT2D eigenvalue weighted by atomic mass is 10.3. The summed E-state index contributed by atoms with van der Waals surface area (Å²) >= 11 is 6.07. The Balaban J connectivity index is 1.90. The summed E-state index contributed by atoms with van der Waals surface area (Å²) in [5, 5.41) is 7.22. The number of aromatic nitrogens is 3. The van der Waals surface area contributed by atoms with Crippen molar-refractivity contribution in [2.45, 2.75) is 20.0 Å². The number of pyridine rings is 1. The standard InChI is InChI=1S/C14H17ClN4O2/c1-9(21-11-5-4-6-16-8-11)7-17-14(20)13-12(15)10(2)19(3)18-13/h4-6,8-9H,7H2,1-3H3,(H,17,20)/t9-/m0/s1. The van der Waals surface area contributed by atoms with Crippen molar-refractivity contribution in [1.29, 1.82) is 0 Å². The van der Waals surface area contributed by atoms with Crippen LogP contribution in [0.2, 0.25) is 5.02 Å². The second kappa shape index (κ2) is 6.58. The molecule has 0 radical (unpaired) electrons. The van der Waals surface area contributed by atoms with Crippen molar-refractivity contribution >= 4 is 17.5 Å². The van der Waals surface area contributed by atoms with E-state index in [-0.39, 0.29) is 17.7 Å². The van der Waals surface area contributed by atoms with Crippen molar-refractivity contribution in [2.24, 2.45) is 7.05 Å². The van der Waals surface area contributed by atoms with Gasteiger partial charge in [0.05, 0.1) is 23.5 Å². The number of ether oxygens (including phenoxy) is 1. The van der Waals surface area contributed by atoms with Crippen molar-refractivity contribution in [3.8, 4) is 5.75 Å². The van der Waals surface area contributed by atoms with E-state index in [0.717, 1.165) is 5.69 Å². The monoisotopic (exact) mass is 308 g/mol. The Morgan fingerprint density at radius 2 is 2.33 bits per heavy atom. The van der Waals surface area contributed by atoms with Crippen LogP contribution < -0.4 is 10.1 Å². The van der Waals surface area contributed by atoms with Crippen LogP contribution in [0, 0.1) is 6.92 Å². The molecule has 6 nitrogen and oxygen atoms in total. The predicted octanol–water partition coefficient (Wildman–Crippen LogP) is 1.97. The molecule has 2 rings (SSSR count). The van der Waals surface area contributed by atoms with Gasteiger partial charge in [0.15, 0.2) is 5.69 Å². The number of carbonyl (C=O) groups is 1. The lowest BCUT2D eigenvalue weighted by Crippen LogP contribution is -2.34. The van der Waals surface area contributed by atoms with E-state index >= 15 is 0 Å². The van der Waals surface area contributed by atoms with E-state index in [4.69, 9.17) is 16.3 Å². The van der Waals surface area contributed by atoms with Crippen LogP contribution in [-0.2, 0) is 7.05 Å². The second-order valence-electron chi connectivity index (χ2n) is 4.70. The van der Waals surface area contributed by atoms with Gasteiger partial charge in [0.25, 0.3) is 5.91 Å². The molecule has 0 unspecified atom stereocenters. The molecule has 0 saturated heterocycles. The average molecular weight is 309 g/mol. The zero-order chi connectivity index (χ0) is 15.4. The van der Waals surface area contributed by atoms with Gasteiger partial charge in [-0.3, -0.25) is 14.5 Å². The lowest BCUT2D eigenvalue weighted by Gasteiger charge is -2.14. The molecule has 1 N–H and O–H groups in total. The number of rotatable bonds is 5. The maximum Gasteiger partial charge on any atom is 0.273 e. The van der Waals surface area contributed by atoms with E-state index in [0.29, 0.717) is 17.3 Å². The number of carbonyl (C=O) groups excluding carboxylic acids is 1. The van der Waals surface area contributed by atoms with Crippen LogP contribution in [0.1, 0.15) is 23.1 Å². The molecule has 1 amide bonds. The Bertz CT molecular complexity index is 627. The SMILES string of the molecule is Cc1c(Cl)c(C(=O)NC[C@H](C)Oc2cccnc2)nn1C. The summed E-state index contributed by atoms with van der Waals surface area (Å²) in [6, 6.07) is 3.60. The first-order valence-corrected chi connectivity index (χ1v) is 6.90. The van der Waals surface area contributed by atoms with E-state index < -0.39 is 0 Å². The maximum absolute atomic E-state index is 12.0. The van der Waals surface area contributed by atoms with Gasteiger partial charge in [-0.2, -0.15) is 5.10 Å². The van der Waals surface area contributed by atoms with Crippen molar-refractivity contribution in [3.05, 3.63) is 40.9 Å². The van der Waals surface area contributed by atoms with E-state index in [1.54, 1.807) is 37.1 Å². The number of amides is 1. The third kappa shape index (κ3) is 3.72. The summed E-state index contributed by atoms with van der Waals surface area (Å²) in [7, 11) is 1.74. The molecule has 0 aliphatic rings. The van der Waals surface area contributed by atoms with Crippen LogP contribution in [0.5, 0.6) is 5.75 Å². The first-order chi connectivity index (χ1) is 9.99. The topological polar surface area (TPSA) is 69.0 Å². The fourth-order valence-corrected chi connectivity index (χ4v) is 1.98. The molecule has 112 valence electrons. The Kier molecular flexibility index (Phi) is 4.80. The average Bonchev–Trinajstić information content (AvgIpc) is 2.73. The van der Waals surface area contributed by atoms with Gasteiger partial charge in [0.2, 0.25) is 0 Å². The summed E-state index contributed by atoms with van der Waals surface area (Å²) in [4.78, 5) is 16.0.